The molecule has 1 N–H and O–H groups in total. The summed E-state index contributed by atoms with van der Waals surface area (Å²) in [6.45, 7) is 0. The van der Waals surface area contributed by atoms with Crippen molar-refractivity contribution >= 4 is 0 Å². The van der Waals surface area contributed by atoms with Crippen molar-refractivity contribution in [3.63, 3.8) is 0 Å². The summed E-state index contributed by atoms with van der Waals surface area (Å²) in [4.78, 5) is 0. The lowest BCUT2D eigenvalue weighted by molar-refractivity contribution is -0.0476. The van der Waals surface area contributed by atoms with Crippen LogP contribution in [0.1, 0.15) is 44.9 Å². The average molecular weight is 203 g/mol. The van der Waals surface area contributed by atoms with E-state index in [1.807, 2.05) is 7.05 Å². The maximum atomic E-state index is 12.9. The zero-order valence-corrected chi connectivity index (χ0v) is 8.78. The van der Waals surface area contributed by atoms with E-state index in [4.69, 9.17) is 0 Å². The zero-order chi connectivity index (χ0) is 10.2. The number of rotatable bonds is 3. The van der Waals surface area contributed by atoms with Crippen molar-refractivity contribution in [2.24, 2.45) is 5.92 Å². The van der Waals surface area contributed by atoms with E-state index in [9.17, 15) is 8.78 Å². The summed E-state index contributed by atoms with van der Waals surface area (Å²) < 4.78 is 25.8. The third kappa shape index (κ3) is 2.25. The van der Waals surface area contributed by atoms with Gasteiger partial charge in [0.25, 0.3) is 0 Å². The van der Waals surface area contributed by atoms with Crippen LogP contribution in [-0.4, -0.2) is 18.5 Å². The molecule has 3 heteroatoms. The summed E-state index contributed by atoms with van der Waals surface area (Å²) in [5.41, 5.74) is 0.331. The highest BCUT2D eigenvalue weighted by Crippen LogP contribution is 2.46. The molecule has 0 saturated heterocycles. The maximum Gasteiger partial charge on any atom is 0.248 e. The highest BCUT2D eigenvalue weighted by Gasteiger charge is 2.44. The molecule has 0 aromatic rings. The smallest absolute Gasteiger partial charge is 0.248 e. The molecule has 0 radical (unpaired) electrons. The molecule has 2 aliphatic rings. The fourth-order valence-electron chi connectivity index (χ4n) is 2.56. The Hall–Kier alpha value is -0.180. The lowest BCUT2D eigenvalue weighted by Crippen LogP contribution is -2.33. The molecule has 0 bridgehead atoms. The normalized spacial score (nSPS) is 30.2. The van der Waals surface area contributed by atoms with E-state index < -0.39 is 5.92 Å². The van der Waals surface area contributed by atoms with Gasteiger partial charge in [-0.3, -0.25) is 0 Å². The Bertz CT molecular complexity index is 201. The third-order valence-corrected chi connectivity index (χ3v) is 3.90. The molecule has 14 heavy (non-hydrogen) atoms. The lowest BCUT2D eigenvalue weighted by atomic mass is 9.82. The number of hydrogen-bond donors (Lipinski definition) is 1. The van der Waals surface area contributed by atoms with Crippen molar-refractivity contribution in [1.82, 2.24) is 5.32 Å². The summed E-state index contributed by atoms with van der Waals surface area (Å²) in [5, 5.41) is 3.33. The van der Waals surface area contributed by atoms with Gasteiger partial charge in [0.15, 0.2) is 0 Å². The topological polar surface area (TPSA) is 12.0 Å². The SMILES string of the molecule is CNC1(CC2CCC(F)(F)CC2)CC1. The van der Waals surface area contributed by atoms with Gasteiger partial charge in [0.1, 0.15) is 0 Å². The van der Waals surface area contributed by atoms with E-state index >= 15 is 0 Å². The second-order valence-corrected chi connectivity index (χ2v) is 5.03. The van der Waals surface area contributed by atoms with Gasteiger partial charge in [-0.1, -0.05) is 0 Å². The first-order valence-electron chi connectivity index (χ1n) is 5.62. The van der Waals surface area contributed by atoms with Crippen LogP contribution in [0.3, 0.4) is 0 Å². The summed E-state index contributed by atoms with van der Waals surface area (Å²) in [5.74, 6) is -1.84. The van der Waals surface area contributed by atoms with Crippen molar-refractivity contribution in [1.29, 1.82) is 0 Å². The second kappa shape index (κ2) is 3.44. The van der Waals surface area contributed by atoms with E-state index in [1.54, 1.807) is 0 Å². The first-order valence-corrected chi connectivity index (χ1v) is 5.62. The van der Waals surface area contributed by atoms with Gasteiger partial charge in [-0.05, 0) is 45.1 Å². The van der Waals surface area contributed by atoms with Gasteiger partial charge >= 0.3 is 0 Å². The van der Waals surface area contributed by atoms with Crippen LogP contribution in [0.5, 0.6) is 0 Å². The van der Waals surface area contributed by atoms with Crippen LogP contribution in [0, 0.1) is 5.92 Å². The average Bonchev–Trinajstić information content (AvgIpc) is 2.90. The van der Waals surface area contributed by atoms with E-state index in [0.717, 1.165) is 19.3 Å². The van der Waals surface area contributed by atoms with Gasteiger partial charge in [0, 0.05) is 18.4 Å². The van der Waals surface area contributed by atoms with E-state index in [1.165, 1.54) is 12.8 Å². The Morgan fingerprint density at radius 2 is 1.71 bits per heavy atom. The van der Waals surface area contributed by atoms with Gasteiger partial charge in [0.05, 0.1) is 0 Å². The molecule has 2 rings (SSSR count). The van der Waals surface area contributed by atoms with Gasteiger partial charge in [0.2, 0.25) is 5.92 Å². The molecular formula is C11H19F2N. The van der Waals surface area contributed by atoms with Crippen LogP contribution < -0.4 is 5.32 Å². The number of hydrogen-bond acceptors (Lipinski definition) is 1. The first kappa shape index (κ1) is 10.3. The number of alkyl halides is 2. The molecule has 0 heterocycles. The van der Waals surface area contributed by atoms with Crippen molar-refractivity contribution in [3.05, 3.63) is 0 Å². The molecule has 0 aromatic carbocycles. The Morgan fingerprint density at radius 1 is 1.14 bits per heavy atom. The minimum absolute atomic E-state index is 0.109. The van der Waals surface area contributed by atoms with E-state index in [-0.39, 0.29) is 12.8 Å². The van der Waals surface area contributed by atoms with Crippen LogP contribution in [0.2, 0.25) is 0 Å². The van der Waals surface area contributed by atoms with E-state index in [2.05, 4.69) is 5.32 Å². The Balaban J connectivity index is 1.79. The lowest BCUT2D eigenvalue weighted by Gasteiger charge is -2.30. The zero-order valence-electron chi connectivity index (χ0n) is 8.78. The van der Waals surface area contributed by atoms with Crippen molar-refractivity contribution in [2.45, 2.75) is 56.4 Å². The summed E-state index contributed by atoms with van der Waals surface area (Å²) in [6.07, 6.45) is 5.23. The van der Waals surface area contributed by atoms with Gasteiger partial charge in [-0.25, -0.2) is 8.78 Å². The molecule has 0 spiro atoms. The minimum Gasteiger partial charge on any atom is -0.314 e. The van der Waals surface area contributed by atoms with Crippen molar-refractivity contribution < 1.29 is 8.78 Å². The molecule has 2 saturated carbocycles. The van der Waals surface area contributed by atoms with Crippen LogP contribution >= 0.6 is 0 Å². The first-order chi connectivity index (χ1) is 6.55. The van der Waals surface area contributed by atoms with Crippen LogP contribution in [0.25, 0.3) is 0 Å². The molecule has 82 valence electrons. The highest BCUT2D eigenvalue weighted by molar-refractivity contribution is 5.02. The molecule has 2 fully saturated rings. The van der Waals surface area contributed by atoms with E-state index in [0.29, 0.717) is 11.5 Å². The Kier molecular flexibility index (Phi) is 2.54. The fraction of sp³-hybridized carbons (Fsp3) is 1.00. The van der Waals surface area contributed by atoms with Gasteiger partial charge in [-0.15, -0.1) is 0 Å². The number of halogens is 2. The standard InChI is InChI=1S/C11H19F2N/c1-14-10(6-7-10)8-9-2-4-11(12,13)5-3-9/h9,14H,2-8H2,1H3. The Morgan fingerprint density at radius 3 is 2.14 bits per heavy atom. The van der Waals surface area contributed by atoms with Crippen LogP contribution in [-0.2, 0) is 0 Å². The summed E-state index contributed by atoms with van der Waals surface area (Å²) >= 11 is 0. The van der Waals surface area contributed by atoms with Crippen LogP contribution in [0.4, 0.5) is 8.78 Å². The van der Waals surface area contributed by atoms with Crippen LogP contribution in [0.15, 0.2) is 0 Å². The molecule has 2 aliphatic carbocycles. The largest absolute Gasteiger partial charge is 0.314 e. The highest BCUT2D eigenvalue weighted by atomic mass is 19.3. The molecular weight excluding hydrogens is 184 g/mol. The minimum atomic E-state index is -2.37. The molecule has 1 nitrogen and oxygen atoms in total. The number of nitrogens with one attached hydrogen (secondary N) is 1. The molecule has 0 atom stereocenters. The summed E-state index contributed by atoms with van der Waals surface area (Å²) in [6, 6.07) is 0. The third-order valence-electron chi connectivity index (χ3n) is 3.90. The second-order valence-electron chi connectivity index (χ2n) is 5.03. The molecule has 0 aliphatic heterocycles. The maximum absolute atomic E-state index is 12.9. The van der Waals surface area contributed by atoms with Crippen molar-refractivity contribution in [3.8, 4) is 0 Å². The molecule has 0 amide bonds. The van der Waals surface area contributed by atoms with Gasteiger partial charge < -0.3 is 5.32 Å². The predicted molar refractivity (Wildman–Crippen MR) is 52.5 cm³/mol. The Labute approximate surface area is 84.3 Å². The predicted octanol–water partition coefficient (Wildman–Crippen LogP) is 2.95. The monoisotopic (exact) mass is 203 g/mol. The van der Waals surface area contributed by atoms with Crippen molar-refractivity contribution in [2.75, 3.05) is 7.05 Å². The van der Waals surface area contributed by atoms with Gasteiger partial charge in [-0.2, -0.15) is 0 Å². The molecule has 0 unspecified atom stereocenters. The molecule has 0 aromatic heterocycles. The fourth-order valence-corrected chi connectivity index (χ4v) is 2.56. The summed E-state index contributed by atoms with van der Waals surface area (Å²) in [7, 11) is 1.99. The quantitative estimate of drug-likeness (QED) is 0.743.